The van der Waals surface area contributed by atoms with Crippen LogP contribution in [0, 0.1) is 0 Å². The molecule has 0 saturated carbocycles. The van der Waals surface area contributed by atoms with Crippen LogP contribution in [0.15, 0.2) is 54.6 Å². The monoisotopic (exact) mass is 341 g/mol. The molecule has 0 bridgehead atoms. The van der Waals surface area contributed by atoms with E-state index in [2.05, 4.69) is 5.32 Å². The number of rotatable bonds is 9. The molecule has 0 radical (unpaired) electrons. The Hall–Kier alpha value is -2.82. The van der Waals surface area contributed by atoms with Crippen molar-refractivity contribution in [1.29, 1.82) is 0 Å². The molecule has 0 aromatic heterocycles. The van der Waals surface area contributed by atoms with Crippen LogP contribution in [-0.4, -0.2) is 23.6 Å². The van der Waals surface area contributed by atoms with Crippen LogP contribution in [0.25, 0.3) is 0 Å². The van der Waals surface area contributed by atoms with E-state index >= 15 is 0 Å². The SMILES string of the molecule is CCc1ccccc1OCC(=O)NC(CCC(=O)O)c1ccccc1. The maximum absolute atomic E-state index is 12.3. The summed E-state index contributed by atoms with van der Waals surface area (Å²) < 4.78 is 5.62. The van der Waals surface area contributed by atoms with E-state index < -0.39 is 5.97 Å². The first-order chi connectivity index (χ1) is 12.1. The van der Waals surface area contributed by atoms with Crippen molar-refractivity contribution in [3.8, 4) is 5.75 Å². The van der Waals surface area contributed by atoms with E-state index in [1.54, 1.807) is 0 Å². The van der Waals surface area contributed by atoms with Crippen molar-refractivity contribution in [2.24, 2.45) is 0 Å². The molecule has 0 aliphatic rings. The summed E-state index contributed by atoms with van der Waals surface area (Å²) in [6.07, 6.45) is 1.14. The van der Waals surface area contributed by atoms with E-state index in [0.717, 1.165) is 17.5 Å². The molecule has 2 rings (SSSR count). The summed E-state index contributed by atoms with van der Waals surface area (Å²) >= 11 is 0. The van der Waals surface area contributed by atoms with E-state index in [-0.39, 0.29) is 25.0 Å². The predicted molar refractivity (Wildman–Crippen MR) is 95.5 cm³/mol. The number of ether oxygens (including phenoxy) is 1. The predicted octanol–water partition coefficient (Wildman–Crippen LogP) is 3.35. The number of hydrogen-bond acceptors (Lipinski definition) is 3. The molecule has 0 aliphatic carbocycles. The second kappa shape index (κ2) is 9.47. The summed E-state index contributed by atoms with van der Waals surface area (Å²) in [4.78, 5) is 23.1. The van der Waals surface area contributed by atoms with Gasteiger partial charge in [0.25, 0.3) is 5.91 Å². The highest BCUT2D eigenvalue weighted by Crippen LogP contribution is 2.20. The summed E-state index contributed by atoms with van der Waals surface area (Å²) in [6.45, 7) is 1.92. The minimum absolute atomic E-state index is 0.0145. The second-order valence-corrected chi connectivity index (χ2v) is 5.71. The Labute approximate surface area is 147 Å². The molecule has 0 saturated heterocycles. The molecular weight excluding hydrogens is 318 g/mol. The highest BCUT2D eigenvalue weighted by molar-refractivity contribution is 5.78. The van der Waals surface area contributed by atoms with E-state index in [4.69, 9.17) is 9.84 Å². The van der Waals surface area contributed by atoms with Gasteiger partial charge in [0.05, 0.1) is 6.04 Å². The van der Waals surface area contributed by atoms with Crippen molar-refractivity contribution >= 4 is 11.9 Å². The van der Waals surface area contributed by atoms with E-state index in [0.29, 0.717) is 12.2 Å². The summed E-state index contributed by atoms with van der Waals surface area (Å²) in [7, 11) is 0. The molecule has 25 heavy (non-hydrogen) atoms. The van der Waals surface area contributed by atoms with Crippen molar-refractivity contribution in [3.63, 3.8) is 0 Å². The van der Waals surface area contributed by atoms with Crippen LogP contribution in [0.3, 0.4) is 0 Å². The van der Waals surface area contributed by atoms with Crippen molar-refractivity contribution in [3.05, 3.63) is 65.7 Å². The van der Waals surface area contributed by atoms with Crippen LogP contribution in [-0.2, 0) is 16.0 Å². The minimum atomic E-state index is -0.886. The van der Waals surface area contributed by atoms with Crippen molar-refractivity contribution in [2.45, 2.75) is 32.2 Å². The number of benzene rings is 2. The fraction of sp³-hybridized carbons (Fsp3) is 0.300. The number of aliphatic carboxylic acids is 1. The number of aryl methyl sites for hydroxylation is 1. The molecule has 1 unspecified atom stereocenters. The Balaban J connectivity index is 1.97. The lowest BCUT2D eigenvalue weighted by molar-refractivity contribution is -0.137. The van der Waals surface area contributed by atoms with E-state index in [1.807, 2.05) is 61.5 Å². The third kappa shape index (κ3) is 5.95. The molecule has 0 spiro atoms. The van der Waals surface area contributed by atoms with Gasteiger partial charge in [0, 0.05) is 6.42 Å². The molecule has 2 aromatic carbocycles. The first-order valence-electron chi connectivity index (χ1n) is 8.37. The summed E-state index contributed by atoms with van der Waals surface area (Å²) in [5.74, 6) is -0.463. The third-order valence-electron chi connectivity index (χ3n) is 3.90. The van der Waals surface area contributed by atoms with E-state index in [9.17, 15) is 9.59 Å². The number of carbonyl (C=O) groups excluding carboxylic acids is 1. The molecule has 0 heterocycles. The molecule has 1 atom stereocenters. The fourth-order valence-electron chi connectivity index (χ4n) is 2.59. The molecular formula is C20H23NO4. The number of hydrogen-bond donors (Lipinski definition) is 2. The zero-order valence-electron chi connectivity index (χ0n) is 14.3. The zero-order chi connectivity index (χ0) is 18.1. The summed E-state index contributed by atoms with van der Waals surface area (Å²) in [5.41, 5.74) is 1.92. The maximum Gasteiger partial charge on any atom is 0.303 e. The fourth-order valence-corrected chi connectivity index (χ4v) is 2.59. The normalized spacial score (nSPS) is 11.6. The molecule has 1 amide bonds. The Morgan fingerprint density at radius 3 is 2.44 bits per heavy atom. The Kier molecular flexibility index (Phi) is 7.01. The number of carbonyl (C=O) groups is 2. The lowest BCUT2D eigenvalue weighted by Crippen LogP contribution is -2.33. The van der Waals surface area contributed by atoms with Crippen LogP contribution < -0.4 is 10.1 Å². The topological polar surface area (TPSA) is 75.6 Å². The highest BCUT2D eigenvalue weighted by Gasteiger charge is 2.16. The van der Waals surface area contributed by atoms with Crippen molar-refractivity contribution in [2.75, 3.05) is 6.61 Å². The number of carboxylic acids is 1. The van der Waals surface area contributed by atoms with Gasteiger partial charge in [-0.15, -0.1) is 0 Å². The Morgan fingerprint density at radius 1 is 1.08 bits per heavy atom. The molecule has 2 aromatic rings. The number of amides is 1. The first-order valence-corrected chi connectivity index (χ1v) is 8.37. The van der Waals surface area contributed by atoms with Gasteiger partial charge in [-0.05, 0) is 30.0 Å². The number of carboxylic acid groups (broad SMARTS) is 1. The molecule has 2 N–H and O–H groups in total. The van der Waals surface area contributed by atoms with Gasteiger partial charge >= 0.3 is 5.97 Å². The molecule has 5 nitrogen and oxygen atoms in total. The van der Waals surface area contributed by atoms with Crippen LogP contribution in [0.4, 0.5) is 0 Å². The van der Waals surface area contributed by atoms with Gasteiger partial charge in [-0.3, -0.25) is 9.59 Å². The summed E-state index contributed by atoms with van der Waals surface area (Å²) in [6, 6.07) is 16.6. The Morgan fingerprint density at radius 2 is 1.76 bits per heavy atom. The quantitative estimate of drug-likeness (QED) is 0.733. The lowest BCUT2D eigenvalue weighted by Gasteiger charge is -2.19. The number of nitrogens with one attached hydrogen (secondary N) is 1. The third-order valence-corrected chi connectivity index (χ3v) is 3.90. The van der Waals surface area contributed by atoms with Gasteiger partial charge in [-0.25, -0.2) is 0 Å². The average molecular weight is 341 g/mol. The minimum Gasteiger partial charge on any atom is -0.483 e. The lowest BCUT2D eigenvalue weighted by atomic mass is 10.0. The number of para-hydroxylation sites is 1. The van der Waals surface area contributed by atoms with Crippen molar-refractivity contribution < 1.29 is 19.4 Å². The Bertz CT molecular complexity index is 700. The summed E-state index contributed by atoms with van der Waals surface area (Å²) in [5, 5.41) is 11.8. The van der Waals surface area contributed by atoms with Gasteiger partial charge in [0.15, 0.2) is 6.61 Å². The zero-order valence-corrected chi connectivity index (χ0v) is 14.3. The smallest absolute Gasteiger partial charge is 0.303 e. The highest BCUT2D eigenvalue weighted by atomic mass is 16.5. The van der Waals surface area contributed by atoms with Crippen LogP contribution in [0.1, 0.15) is 36.9 Å². The molecule has 0 fully saturated rings. The van der Waals surface area contributed by atoms with Gasteiger partial charge in [-0.2, -0.15) is 0 Å². The largest absolute Gasteiger partial charge is 0.483 e. The van der Waals surface area contributed by atoms with Gasteiger partial charge in [0.1, 0.15) is 5.75 Å². The first kappa shape index (κ1) is 18.5. The van der Waals surface area contributed by atoms with Gasteiger partial charge in [0.2, 0.25) is 0 Å². The molecule has 0 aliphatic heterocycles. The van der Waals surface area contributed by atoms with Crippen LogP contribution in [0.5, 0.6) is 5.75 Å². The van der Waals surface area contributed by atoms with Crippen LogP contribution in [0.2, 0.25) is 0 Å². The van der Waals surface area contributed by atoms with Gasteiger partial charge < -0.3 is 15.2 Å². The standard InChI is InChI=1S/C20H23NO4/c1-2-15-8-6-7-11-18(15)25-14-19(22)21-17(12-13-20(23)24)16-9-4-3-5-10-16/h3-11,17H,2,12-14H2,1H3,(H,21,22)(H,23,24). The molecule has 5 heteroatoms. The maximum atomic E-state index is 12.3. The second-order valence-electron chi connectivity index (χ2n) is 5.71. The van der Waals surface area contributed by atoms with Crippen LogP contribution >= 0.6 is 0 Å². The molecule has 132 valence electrons. The average Bonchev–Trinajstić information content (AvgIpc) is 2.64. The van der Waals surface area contributed by atoms with Gasteiger partial charge in [-0.1, -0.05) is 55.5 Å². The van der Waals surface area contributed by atoms with E-state index in [1.165, 1.54) is 0 Å². The van der Waals surface area contributed by atoms with Crippen molar-refractivity contribution in [1.82, 2.24) is 5.32 Å².